The van der Waals surface area contributed by atoms with E-state index in [1.165, 1.54) is 0 Å². The second-order valence-electron chi connectivity index (χ2n) is 3.04. The topological polar surface area (TPSA) is 35.2 Å². The minimum atomic E-state index is -2.79. The molecule has 2 nitrogen and oxygen atoms in total. The van der Waals surface area contributed by atoms with Gasteiger partial charge in [-0.1, -0.05) is 24.3 Å². The fourth-order valence-electron chi connectivity index (χ4n) is 1.15. The van der Waals surface area contributed by atoms with Gasteiger partial charge in [-0.2, -0.15) is 8.78 Å². The fraction of sp³-hybridized carbons (Fsp3) is 0.273. The van der Waals surface area contributed by atoms with Crippen molar-refractivity contribution in [3.63, 3.8) is 0 Å². The fourth-order valence-corrected chi connectivity index (χ4v) is 1.15. The Hall–Kier alpha value is -1.42. The molecule has 15 heavy (non-hydrogen) atoms. The first-order chi connectivity index (χ1) is 7.13. The van der Waals surface area contributed by atoms with E-state index in [4.69, 9.17) is 5.73 Å². The molecule has 1 rings (SSSR count). The molecular weight excluding hydrogens is 200 g/mol. The SMILES string of the molecule is Cc1ccc(/C=C/CN)cc1OC(F)F. The molecule has 0 unspecified atom stereocenters. The van der Waals surface area contributed by atoms with E-state index in [2.05, 4.69) is 4.74 Å². The van der Waals surface area contributed by atoms with Gasteiger partial charge < -0.3 is 10.5 Å². The van der Waals surface area contributed by atoms with Crippen molar-refractivity contribution in [1.29, 1.82) is 0 Å². The molecule has 0 saturated heterocycles. The first-order valence-corrected chi connectivity index (χ1v) is 4.55. The molecule has 0 aliphatic rings. The first kappa shape index (κ1) is 11.7. The number of halogens is 2. The predicted molar refractivity (Wildman–Crippen MR) is 55.9 cm³/mol. The van der Waals surface area contributed by atoms with E-state index >= 15 is 0 Å². The molecule has 0 aromatic heterocycles. The molecule has 0 atom stereocenters. The molecular formula is C11H13F2NO. The van der Waals surface area contributed by atoms with Crippen LogP contribution in [0.25, 0.3) is 6.08 Å². The molecule has 0 aliphatic heterocycles. The van der Waals surface area contributed by atoms with Crippen molar-refractivity contribution in [3.8, 4) is 5.75 Å². The van der Waals surface area contributed by atoms with E-state index in [1.807, 2.05) is 6.07 Å². The molecule has 0 fully saturated rings. The zero-order chi connectivity index (χ0) is 11.3. The number of ether oxygens (including phenoxy) is 1. The van der Waals surface area contributed by atoms with Gasteiger partial charge in [0.05, 0.1) is 0 Å². The number of nitrogens with two attached hydrogens (primary N) is 1. The van der Waals surface area contributed by atoms with Crippen LogP contribution in [0.15, 0.2) is 24.3 Å². The van der Waals surface area contributed by atoms with E-state index in [0.29, 0.717) is 12.1 Å². The lowest BCUT2D eigenvalue weighted by molar-refractivity contribution is -0.0502. The minimum Gasteiger partial charge on any atom is -0.435 e. The van der Waals surface area contributed by atoms with Crippen molar-refractivity contribution in [2.24, 2.45) is 5.73 Å². The summed E-state index contributed by atoms with van der Waals surface area (Å²) < 4.78 is 28.4. The Kier molecular flexibility index (Phi) is 4.24. The smallest absolute Gasteiger partial charge is 0.387 e. The largest absolute Gasteiger partial charge is 0.435 e. The van der Waals surface area contributed by atoms with Crippen LogP contribution in [0.4, 0.5) is 8.78 Å². The highest BCUT2D eigenvalue weighted by Gasteiger charge is 2.06. The van der Waals surface area contributed by atoms with Gasteiger partial charge in [0.2, 0.25) is 0 Å². The van der Waals surface area contributed by atoms with E-state index in [1.54, 1.807) is 31.2 Å². The van der Waals surface area contributed by atoms with Gasteiger partial charge in [-0.25, -0.2) is 0 Å². The van der Waals surface area contributed by atoms with Crippen molar-refractivity contribution in [2.75, 3.05) is 6.54 Å². The number of rotatable bonds is 4. The van der Waals surface area contributed by atoms with Gasteiger partial charge in [-0.3, -0.25) is 0 Å². The zero-order valence-electron chi connectivity index (χ0n) is 8.41. The normalized spacial score (nSPS) is 11.3. The third-order valence-corrected chi connectivity index (χ3v) is 1.87. The maximum absolute atomic E-state index is 12.0. The lowest BCUT2D eigenvalue weighted by Gasteiger charge is -2.08. The van der Waals surface area contributed by atoms with Crippen molar-refractivity contribution in [3.05, 3.63) is 35.4 Å². The number of benzene rings is 1. The van der Waals surface area contributed by atoms with Gasteiger partial charge in [0, 0.05) is 6.54 Å². The highest BCUT2D eigenvalue weighted by molar-refractivity contribution is 5.53. The van der Waals surface area contributed by atoms with Gasteiger partial charge >= 0.3 is 6.61 Å². The molecule has 0 spiro atoms. The minimum absolute atomic E-state index is 0.198. The van der Waals surface area contributed by atoms with Crippen LogP contribution in [-0.4, -0.2) is 13.2 Å². The highest BCUT2D eigenvalue weighted by Crippen LogP contribution is 2.22. The van der Waals surface area contributed by atoms with Gasteiger partial charge in [0.15, 0.2) is 0 Å². The Morgan fingerprint density at radius 2 is 2.20 bits per heavy atom. The average molecular weight is 213 g/mol. The Balaban J connectivity index is 2.89. The van der Waals surface area contributed by atoms with Crippen LogP contribution in [0.2, 0.25) is 0 Å². The maximum Gasteiger partial charge on any atom is 0.387 e. The predicted octanol–water partition coefficient (Wildman–Crippen LogP) is 2.57. The van der Waals surface area contributed by atoms with Crippen LogP contribution in [0.1, 0.15) is 11.1 Å². The summed E-state index contributed by atoms with van der Waals surface area (Å²) in [6, 6.07) is 5.11. The quantitative estimate of drug-likeness (QED) is 0.834. The number of alkyl halides is 2. The van der Waals surface area contributed by atoms with E-state index < -0.39 is 6.61 Å². The van der Waals surface area contributed by atoms with Gasteiger partial charge in [0.25, 0.3) is 0 Å². The summed E-state index contributed by atoms with van der Waals surface area (Å²) in [5.74, 6) is 0.198. The summed E-state index contributed by atoms with van der Waals surface area (Å²) in [7, 11) is 0. The second-order valence-corrected chi connectivity index (χ2v) is 3.04. The highest BCUT2D eigenvalue weighted by atomic mass is 19.3. The molecule has 0 radical (unpaired) electrons. The number of aryl methyl sites for hydroxylation is 1. The van der Waals surface area contributed by atoms with Gasteiger partial charge in [0.1, 0.15) is 5.75 Å². The lowest BCUT2D eigenvalue weighted by Crippen LogP contribution is -2.03. The van der Waals surface area contributed by atoms with Gasteiger partial charge in [-0.05, 0) is 24.1 Å². The maximum atomic E-state index is 12.0. The Morgan fingerprint density at radius 3 is 2.80 bits per heavy atom. The standard InChI is InChI=1S/C11H13F2NO/c1-8-4-5-9(3-2-6-14)7-10(8)15-11(12)13/h2-5,7,11H,6,14H2,1H3/b3-2+. The van der Waals surface area contributed by atoms with Crippen molar-refractivity contribution in [2.45, 2.75) is 13.5 Å². The van der Waals surface area contributed by atoms with Gasteiger partial charge in [-0.15, -0.1) is 0 Å². The molecule has 0 amide bonds. The van der Waals surface area contributed by atoms with Crippen molar-refractivity contribution < 1.29 is 13.5 Å². The Morgan fingerprint density at radius 1 is 1.47 bits per heavy atom. The molecule has 1 aromatic carbocycles. The molecule has 82 valence electrons. The summed E-state index contributed by atoms with van der Waals surface area (Å²) in [5.41, 5.74) is 6.76. The first-order valence-electron chi connectivity index (χ1n) is 4.55. The van der Waals surface area contributed by atoms with Crippen LogP contribution in [-0.2, 0) is 0 Å². The monoisotopic (exact) mass is 213 g/mol. The molecule has 4 heteroatoms. The van der Waals surface area contributed by atoms with Crippen LogP contribution >= 0.6 is 0 Å². The van der Waals surface area contributed by atoms with Crippen molar-refractivity contribution >= 4 is 6.08 Å². The Labute approximate surface area is 87.4 Å². The molecule has 2 N–H and O–H groups in total. The lowest BCUT2D eigenvalue weighted by atomic mass is 10.1. The summed E-state index contributed by atoms with van der Waals surface area (Å²) in [5, 5.41) is 0. The second kappa shape index (κ2) is 5.46. The van der Waals surface area contributed by atoms with E-state index in [9.17, 15) is 8.78 Å². The van der Waals surface area contributed by atoms with E-state index in [0.717, 1.165) is 5.56 Å². The molecule has 1 aromatic rings. The van der Waals surface area contributed by atoms with Crippen LogP contribution < -0.4 is 10.5 Å². The Bertz CT molecular complexity index is 350. The van der Waals surface area contributed by atoms with E-state index in [-0.39, 0.29) is 5.75 Å². The number of hydrogen-bond acceptors (Lipinski definition) is 2. The average Bonchev–Trinajstić information content (AvgIpc) is 2.18. The molecule has 0 saturated carbocycles. The van der Waals surface area contributed by atoms with Crippen LogP contribution in [0.5, 0.6) is 5.75 Å². The summed E-state index contributed by atoms with van der Waals surface area (Å²) in [6.45, 7) is -0.662. The third-order valence-electron chi connectivity index (χ3n) is 1.87. The molecule has 0 heterocycles. The molecule has 0 bridgehead atoms. The van der Waals surface area contributed by atoms with Crippen LogP contribution in [0.3, 0.4) is 0 Å². The number of hydrogen-bond donors (Lipinski definition) is 1. The molecule has 0 aliphatic carbocycles. The van der Waals surface area contributed by atoms with Crippen LogP contribution in [0, 0.1) is 6.92 Å². The summed E-state index contributed by atoms with van der Waals surface area (Å²) >= 11 is 0. The third kappa shape index (κ3) is 3.67. The summed E-state index contributed by atoms with van der Waals surface area (Å²) in [6.07, 6.45) is 3.51. The summed E-state index contributed by atoms with van der Waals surface area (Å²) in [4.78, 5) is 0. The van der Waals surface area contributed by atoms with Crippen molar-refractivity contribution in [1.82, 2.24) is 0 Å². The zero-order valence-corrected chi connectivity index (χ0v) is 8.41.